The molecule has 3 rings (SSSR count). The van der Waals surface area contributed by atoms with Gasteiger partial charge in [-0.3, -0.25) is 9.59 Å². The van der Waals surface area contributed by atoms with Crippen molar-refractivity contribution in [2.75, 3.05) is 5.32 Å². The quantitative estimate of drug-likeness (QED) is 0.759. The minimum absolute atomic E-state index is 0.0444. The van der Waals surface area contributed by atoms with Gasteiger partial charge in [-0.1, -0.05) is 35.9 Å². The first-order valence-corrected chi connectivity index (χ1v) is 7.31. The molecule has 2 aromatic carbocycles. The summed E-state index contributed by atoms with van der Waals surface area (Å²) >= 11 is 5.95. The summed E-state index contributed by atoms with van der Waals surface area (Å²) in [6.45, 7) is 0. The molecule has 0 aliphatic carbocycles. The van der Waals surface area contributed by atoms with Gasteiger partial charge in [-0.25, -0.2) is 0 Å². The fourth-order valence-electron chi connectivity index (χ4n) is 2.12. The number of halogens is 1. The number of nitrogens with one attached hydrogen (secondary N) is 1. The number of benzene rings is 2. The Balaban J connectivity index is 1.86. The van der Waals surface area contributed by atoms with E-state index in [4.69, 9.17) is 17.3 Å². The van der Waals surface area contributed by atoms with E-state index in [-0.39, 0.29) is 22.0 Å². The molecule has 0 saturated carbocycles. The van der Waals surface area contributed by atoms with Gasteiger partial charge in [0.05, 0.1) is 28.2 Å². The number of para-hydroxylation sites is 1. The zero-order valence-corrected chi connectivity index (χ0v) is 13.1. The highest BCUT2D eigenvalue weighted by Crippen LogP contribution is 2.24. The second kappa shape index (κ2) is 6.51. The van der Waals surface area contributed by atoms with E-state index < -0.39 is 11.8 Å². The average Bonchev–Trinajstić information content (AvgIpc) is 3.05. The minimum Gasteiger partial charge on any atom is -0.365 e. The van der Waals surface area contributed by atoms with Gasteiger partial charge in [0.2, 0.25) is 0 Å². The first-order valence-electron chi connectivity index (χ1n) is 6.93. The smallest absolute Gasteiger partial charge is 0.277 e. The lowest BCUT2D eigenvalue weighted by atomic mass is 10.1. The number of primary amides is 1. The van der Waals surface area contributed by atoms with Crippen LogP contribution in [0.15, 0.2) is 54.7 Å². The Morgan fingerprint density at radius 1 is 1.08 bits per heavy atom. The number of carbonyl (C=O) groups is 2. The lowest BCUT2D eigenvalue weighted by Crippen LogP contribution is -2.19. The van der Waals surface area contributed by atoms with Crippen molar-refractivity contribution in [3.8, 4) is 5.69 Å². The summed E-state index contributed by atoms with van der Waals surface area (Å²) in [5, 5.41) is 10.9. The number of nitrogens with two attached hydrogens (primary N) is 1. The van der Waals surface area contributed by atoms with Gasteiger partial charge < -0.3 is 11.1 Å². The van der Waals surface area contributed by atoms with Crippen LogP contribution >= 0.6 is 11.6 Å². The molecule has 0 saturated heterocycles. The Kier molecular flexibility index (Phi) is 4.26. The van der Waals surface area contributed by atoms with Crippen LogP contribution in [0.25, 0.3) is 5.69 Å². The molecule has 1 aromatic heterocycles. The molecule has 8 heteroatoms. The summed E-state index contributed by atoms with van der Waals surface area (Å²) in [5.41, 5.74) is 6.38. The van der Waals surface area contributed by atoms with Gasteiger partial charge in [0.1, 0.15) is 0 Å². The summed E-state index contributed by atoms with van der Waals surface area (Å²) in [5.74, 6) is -1.26. The molecular formula is C16H12ClN5O2. The van der Waals surface area contributed by atoms with Crippen molar-refractivity contribution in [3.63, 3.8) is 0 Å². The van der Waals surface area contributed by atoms with Crippen molar-refractivity contribution >= 4 is 29.1 Å². The predicted molar refractivity (Wildman–Crippen MR) is 89.3 cm³/mol. The molecule has 2 amide bonds. The van der Waals surface area contributed by atoms with Crippen LogP contribution in [0.1, 0.15) is 20.8 Å². The molecular weight excluding hydrogens is 330 g/mol. The lowest BCUT2D eigenvalue weighted by Gasteiger charge is -2.09. The number of nitrogens with zero attached hydrogens (tertiary/aromatic N) is 3. The summed E-state index contributed by atoms with van der Waals surface area (Å²) in [6, 6.07) is 13.8. The molecule has 24 heavy (non-hydrogen) atoms. The maximum atomic E-state index is 12.3. The molecule has 0 radical (unpaired) electrons. The predicted octanol–water partition coefficient (Wildman–Crippen LogP) is 2.27. The van der Waals surface area contributed by atoms with Crippen LogP contribution in [-0.4, -0.2) is 26.8 Å². The van der Waals surface area contributed by atoms with Gasteiger partial charge in [0.15, 0.2) is 5.69 Å². The van der Waals surface area contributed by atoms with Crippen molar-refractivity contribution in [1.29, 1.82) is 0 Å². The van der Waals surface area contributed by atoms with Crippen LogP contribution < -0.4 is 11.1 Å². The van der Waals surface area contributed by atoms with Crippen LogP contribution in [0, 0.1) is 0 Å². The zero-order valence-electron chi connectivity index (χ0n) is 12.3. The van der Waals surface area contributed by atoms with Gasteiger partial charge >= 0.3 is 0 Å². The van der Waals surface area contributed by atoms with E-state index in [1.165, 1.54) is 23.1 Å². The Morgan fingerprint density at radius 3 is 2.54 bits per heavy atom. The highest BCUT2D eigenvalue weighted by Gasteiger charge is 2.17. The highest BCUT2D eigenvalue weighted by molar-refractivity contribution is 6.34. The molecule has 0 aliphatic rings. The van der Waals surface area contributed by atoms with Crippen LogP contribution in [0.2, 0.25) is 5.02 Å². The van der Waals surface area contributed by atoms with Gasteiger partial charge in [-0.2, -0.15) is 9.90 Å². The van der Waals surface area contributed by atoms with E-state index in [0.717, 1.165) is 5.69 Å². The Hall–Kier alpha value is -3.19. The van der Waals surface area contributed by atoms with Gasteiger partial charge in [-0.15, -0.1) is 5.10 Å². The third kappa shape index (κ3) is 3.11. The van der Waals surface area contributed by atoms with Gasteiger partial charge in [0.25, 0.3) is 11.8 Å². The number of hydrogen-bond acceptors (Lipinski definition) is 4. The normalized spacial score (nSPS) is 10.4. The van der Waals surface area contributed by atoms with Crippen LogP contribution in [0.3, 0.4) is 0 Å². The molecule has 0 spiro atoms. The van der Waals surface area contributed by atoms with E-state index in [1.807, 2.05) is 30.3 Å². The third-order valence-electron chi connectivity index (χ3n) is 3.22. The maximum absolute atomic E-state index is 12.3. The third-order valence-corrected chi connectivity index (χ3v) is 3.53. The Labute approximate surface area is 142 Å². The lowest BCUT2D eigenvalue weighted by molar-refractivity contribution is 0.100. The first-order chi connectivity index (χ1) is 11.6. The van der Waals surface area contributed by atoms with Crippen LogP contribution in [0.5, 0.6) is 0 Å². The molecule has 0 unspecified atom stereocenters. The molecule has 0 atom stereocenters. The van der Waals surface area contributed by atoms with E-state index in [2.05, 4.69) is 15.5 Å². The Morgan fingerprint density at radius 2 is 1.83 bits per heavy atom. The summed E-state index contributed by atoms with van der Waals surface area (Å²) in [6.07, 6.45) is 1.33. The molecule has 120 valence electrons. The number of aromatic nitrogens is 3. The molecule has 3 N–H and O–H groups in total. The van der Waals surface area contributed by atoms with Crippen molar-refractivity contribution < 1.29 is 9.59 Å². The van der Waals surface area contributed by atoms with E-state index in [9.17, 15) is 9.59 Å². The molecule has 0 fully saturated rings. The largest absolute Gasteiger partial charge is 0.365 e. The number of amides is 2. The fraction of sp³-hybridized carbons (Fsp3) is 0. The van der Waals surface area contributed by atoms with Gasteiger partial charge in [0, 0.05) is 0 Å². The summed E-state index contributed by atoms with van der Waals surface area (Å²) in [7, 11) is 0. The van der Waals surface area contributed by atoms with Crippen molar-refractivity contribution in [2.24, 2.45) is 5.73 Å². The zero-order chi connectivity index (χ0) is 17.1. The average molecular weight is 342 g/mol. The van der Waals surface area contributed by atoms with E-state index in [0.29, 0.717) is 0 Å². The summed E-state index contributed by atoms with van der Waals surface area (Å²) < 4.78 is 0. The molecule has 7 nitrogen and oxygen atoms in total. The van der Waals surface area contributed by atoms with Crippen molar-refractivity contribution in [2.45, 2.75) is 0 Å². The maximum Gasteiger partial charge on any atom is 0.277 e. The van der Waals surface area contributed by atoms with Crippen molar-refractivity contribution in [1.82, 2.24) is 15.0 Å². The van der Waals surface area contributed by atoms with Crippen LogP contribution in [-0.2, 0) is 0 Å². The van der Waals surface area contributed by atoms with Gasteiger partial charge in [-0.05, 0) is 24.3 Å². The topological polar surface area (TPSA) is 103 Å². The van der Waals surface area contributed by atoms with Crippen molar-refractivity contribution in [3.05, 3.63) is 71.0 Å². The number of anilines is 1. The van der Waals surface area contributed by atoms with E-state index in [1.54, 1.807) is 6.07 Å². The monoisotopic (exact) mass is 341 g/mol. The number of hydrogen-bond donors (Lipinski definition) is 2. The SMILES string of the molecule is NC(=O)c1c(Cl)cccc1NC(=O)c1cnn(-c2ccccc2)n1. The minimum atomic E-state index is -0.733. The second-order valence-electron chi connectivity index (χ2n) is 4.84. The summed E-state index contributed by atoms with van der Waals surface area (Å²) in [4.78, 5) is 25.2. The first kappa shape index (κ1) is 15.7. The second-order valence-corrected chi connectivity index (χ2v) is 5.24. The highest BCUT2D eigenvalue weighted by atomic mass is 35.5. The number of rotatable bonds is 4. The Bertz CT molecular complexity index is 908. The molecule has 0 bridgehead atoms. The molecule has 0 aliphatic heterocycles. The van der Waals surface area contributed by atoms with Crippen LogP contribution in [0.4, 0.5) is 5.69 Å². The number of carbonyl (C=O) groups excluding carboxylic acids is 2. The molecule has 1 heterocycles. The molecule has 3 aromatic rings. The fourth-order valence-corrected chi connectivity index (χ4v) is 2.39. The standard InChI is InChI=1S/C16H12ClN5O2/c17-11-7-4-8-12(14(11)15(18)23)20-16(24)13-9-19-22(21-13)10-5-2-1-3-6-10/h1-9H,(H2,18,23)(H,20,24). The van der Waals surface area contributed by atoms with E-state index >= 15 is 0 Å².